The number of benzene rings is 3. The van der Waals surface area contributed by atoms with E-state index in [4.69, 9.17) is 4.74 Å². The summed E-state index contributed by atoms with van der Waals surface area (Å²) in [5.41, 5.74) is 4.78. The molecule has 0 aliphatic rings. The van der Waals surface area contributed by atoms with Crippen LogP contribution in [0.25, 0.3) is 0 Å². The van der Waals surface area contributed by atoms with Crippen molar-refractivity contribution in [1.82, 2.24) is 14.7 Å². The van der Waals surface area contributed by atoms with Crippen LogP contribution < -0.4 is 10.2 Å². The van der Waals surface area contributed by atoms with Gasteiger partial charge in [0, 0.05) is 36.6 Å². The Morgan fingerprint density at radius 1 is 0.949 bits per heavy atom. The van der Waals surface area contributed by atoms with Crippen molar-refractivity contribution in [3.63, 3.8) is 0 Å². The van der Waals surface area contributed by atoms with E-state index in [-0.39, 0.29) is 18.0 Å². The third-order valence-corrected chi connectivity index (χ3v) is 7.75. The van der Waals surface area contributed by atoms with Crippen LogP contribution in [0.1, 0.15) is 34.0 Å². The van der Waals surface area contributed by atoms with Crippen molar-refractivity contribution in [2.24, 2.45) is 5.10 Å². The first-order valence-corrected chi connectivity index (χ1v) is 13.4. The Bertz CT molecular complexity index is 1560. The lowest BCUT2D eigenvalue weighted by Gasteiger charge is -2.22. The molecule has 1 N–H and O–H groups in total. The van der Waals surface area contributed by atoms with Crippen LogP contribution in [0.2, 0.25) is 0 Å². The fraction of sp³-hybridized carbons (Fsp3) is 0.138. The van der Waals surface area contributed by atoms with E-state index in [0.717, 1.165) is 5.56 Å². The van der Waals surface area contributed by atoms with Crippen LogP contribution in [-0.4, -0.2) is 36.4 Å². The van der Waals surface area contributed by atoms with Crippen LogP contribution in [0, 0.1) is 5.82 Å². The summed E-state index contributed by atoms with van der Waals surface area (Å²) in [4.78, 5) is 16.8. The molecule has 39 heavy (non-hydrogen) atoms. The second kappa shape index (κ2) is 12.4. The number of pyridine rings is 1. The summed E-state index contributed by atoms with van der Waals surface area (Å²) in [6, 6.07) is 22.4. The topological polar surface area (TPSA) is 101 Å². The molecule has 0 spiro atoms. The van der Waals surface area contributed by atoms with Crippen LogP contribution in [0.3, 0.4) is 0 Å². The second-order valence-corrected chi connectivity index (χ2v) is 10.6. The first kappa shape index (κ1) is 27.6. The fourth-order valence-electron chi connectivity index (χ4n) is 3.80. The monoisotopic (exact) mass is 546 g/mol. The number of halogens is 1. The molecule has 0 unspecified atom stereocenters. The molecule has 4 aromatic rings. The lowest BCUT2D eigenvalue weighted by atomic mass is 10.1. The quantitative estimate of drug-likeness (QED) is 0.228. The maximum atomic E-state index is 14.0. The van der Waals surface area contributed by atoms with Gasteiger partial charge in [-0.15, -0.1) is 0 Å². The molecular formula is C29H27FN4O4S. The van der Waals surface area contributed by atoms with Gasteiger partial charge in [-0.3, -0.25) is 9.78 Å². The Balaban J connectivity index is 1.52. The van der Waals surface area contributed by atoms with Crippen molar-refractivity contribution in [2.75, 3.05) is 7.11 Å². The summed E-state index contributed by atoms with van der Waals surface area (Å²) >= 11 is 0. The molecule has 0 saturated carbocycles. The number of nitrogens with zero attached hydrogens (tertiary/aromatic N) is 3. The lowest BCUT2D eigenvalue weighted by molar-refractivity contribution is 0.0954. The number of rotatable bonds is 10. The SMILES string of the molecule is COc1ccc(S(=O)(=O)N(Cc2ccc(C(=O)N/N=C(/C)c3ccccc3F)cc2)Cc2cccnc2)cc1. The molecule has 0 fully saturated rings. The van der Waals surface area contributed by atoms with E-state index in [9.17, 15) is 17.6 Å². The van der Waals surface area contributed by atoms with Crippen LogP contribution in [0.5, 0.6) is 5.75 Å². The smallest absolute Gasteiger partial charge is 0.271 e. The molecule has 0 radical (unpaired) electrons. The molecule has 1 heterocycles. The van der Waals surface area contributed by atoms with Crippen LogP contribution >= 0.6 is 0 Å². The van der Waals surface area contributed by atoms with Crippen molar-refractivity contribution in [3.8, 4) is 5.75 Å². The molecule has 0 aliphatic carbocycles. The molecule has 0 aliphatic heterocycles. The summed E-state index contributed by atoms with van der Waals surface area (Å²) in [6.07, 6.45) is 3.24. The molecule has 10 heteroatoms. The number of carbonyl (C=O) groups is 1. The number of hydrazone groups is 1. The lowest BCUT2D eigenvalue weighted by Crippen LogP contribution is -2.30. The Morgan fingerprint density at radius 2 is 1.64 bits per heavy atom. The van der Waals surface area contributed by atoms with Crippen LogP contribution in [0.4, 0.5) is 4.39 Å². The van der Waals surface area contributed by atoms with Gasteiger partial charge in [-0.25, -0.2) is 18.2 Å². The molecule has 0 bridgehead atoms. The Hall–Kier alpha value is -4.41. The van der Waals surface area contributed by atoms with Crippen molar-refractivity contribution >= 4 is 21.6 Å². The van der Waals surface area contributed by atoms with Gasteiger partial charge >= 0.3 is 0 Å². The van der Waals surface area contributed by atoms with Gasteiger partial charge in [-0.1, -0.05) is 36.4 Å². The van der Waals surface area contributed by atoms with Crippen molar-refractivity contribution in [2.45, 2.75) is 24.9 Å². The number of nitrogens with one attached hydrogen (secondary N) is 1. The molecule has 3 aromatic carbocycles. The summed E-state index contributed by atoms with van der Waals surface area (Å²) in [5, 5.41) is 4.00. The molecule has 200 valence electrons. The number of ether oxygens (including phenoxy) is 1. The predicted octanol–water partition coefficient (Wildman–Crippen LogP) is 4.77. The first-order chi connectivity index (χ1) is 18.8. The van der Waals surface area contributed by atoms with E-state index in [0.29, 0.717) is 28.2 Å². The van der Waals surface area contributed by atoms with Crippen molar-refractivity contribution in [3.05, 3.63) is 125 Å². The van der Waals surface area contributed by atoms with Gasteiger partial charge in [0.2, 0.25) is 10.0 Å². The van der Waals surface area contributed by atoms with Crippen molar-refractivity contribution in [1.29, 1.82) is 0 Å². The largest absolute Gasteiger partial charge is 0.497 e. The number of hydrogen-bond donors (Lipinski definition) is 1. The van der Waals surface area contributed by atoms with Gasteiger partial charge in [-0.05, 0) is 66.6 Å². The predicted molar refractivity (Wildman–Crippen MR) is 146 cm³/mol. The molecule has 4 rings (SSSR count). The highest BCUT2D eigenvalue weighted by Gasteiger charge is 2.25. The van der Waals surface area contributed by atoms with E-state index in [1.54, 1.807) is 86.0 Å². The normalized spacial score (nSPS) is 11.8. The Labute approximate surface area is 226 Å². The summed E-state index contributed by atoms with van der Waals surface area (Å²) in [5.74, 6) is -0.358. The van der Waals surface area contributed by atoms with Gasteiger partial charge in [0.25, 0.3) is 5.91 Å². The van der Waals surface area contributed by atoms with Gasteiger partial charge in [0.05, 0.1) is 17.7 Å². The third kappa shape index (κ3) is 6.92. The zero-order valence-corrected chi connectivity index (χ0v) is 22.2. The summed E-state index contributed by atoms with van der Waals surface area (Å²) < 4.78 is 47.6. The van der Waals surface area contributed by atoms with E-state index < -0.39 is 21.7 Å². The van der Waals surface area contributed by atoms with Gasteiger partial charge in [-0.2, -0.15) is 9.41 Å². The minimum absolute atomic E-state index is 0.0652. The molecule has 1 aromatic heterocycles. The molecule has 1 amide bonds. The number of amides is 1. The number of sulfonamides is 1. The van der Waals surface area contributed by atoms with E-state index >= 15 is 0 Å². The standard InChI is InChI=1S/C29H27FN4O4S/c1-21(27-7-3-4-8-28(27)30)32-33-29(35)24-11-9-22(10-12-24)19-34(20-23-6-5-17-31-18-23)39(36,37)26-15-13-25(38-2)14-16-26/h3-18H,19-20H2,1-2H3,(H,33,35)/b32-21-. The van der Waals surface area contributed by atoms with Crippen LogP contribution in [0.15, 0.2) is 107 Å². The average molecular weight is 547 g/mol. The molecular weight excluding hydrogens is 519 g/mol. The summed E-state index contributed by atoms with van der Waals surface area (Å²) in [6.45, 7) is 1.77. The Kier molecular flexibility index (Phi) is 8.80. The van der Waals surface area contributed by atoms with E-state index in [1.165, 1.54) is 29.6 Å². The van der Waals surface area contributed by atoms with E-state index in [2.05, 4.69) is 15.5 Å². The first-order valence-electron chi connectivity index (χ1n) is 12.0. The molecule has 0 saturated heterocycles. The third-order valence-electron chi connectivity index (χ3n) is 5.94. The number of carbonyl (C=O) groups excluding carboxylic acids is 1. The highest BCUT2D eigenvalue weighted by molar-refractivity contribution is 7.89. The van der Waals surface area contributed by atoms with Gasteiger partial charge in [0.15, 0.2) is 0 Å². The maximum Gasteiger partial charge on any atom is 0.271 e. The molecule has 8 nitrogen and oxygen atoms in total. The maximum absolute atomic E-state index is 14.0. The second-order valence-electron chi connectivity index (χ2n) is 8.62. The minimum Gasteiger partial charge on any atom is -0.497 e. The highest BCUT2D eigenvalue weighted by Crippen LogP contribution is 2.23. The number of aromatic nitrogens is 1. The number of hydrogen-bond acceptors (Lipinski definition) is 6. The minimum atomic E-state index is -3.87. The number of methoxy groups -OCH3 is 1. The zero-order valence-electron chi connectivity index (χ0n) is 21.4. The highest BCUT2D eigenvalue weighted by atomic mass is 32.2. The van der Waals surface area contributed by atoms with Crippen molar-refractivity contribution < 1.29 is 22.3 Å². The Morgan fingerprint density at radius 3 is 2.28 bits per heavy atom. The van der Waals surface area contributed by atoms with Gasteiger partial charge in [0.1, 0.15) is 11.6 Å². The van der Waals surface area contributed by atoms with Gasteiger partial charge < -0.3 is 4.74 Å². The summed E-state index contributed by atoms with van der Waals surface area (Å²) in [7, 11) is -2.36. The average Bonchev–Trinajstić information content (AvgIpc) is 2.96. The molecule has 0 atom stereocenters. The fourth-order valence-corrected chi connectivity index (χ4v) is 5.21. The van der Waals surface area contributed by atoms with Crippen LogP contribution in [-0.2, 0) is 23.1 Å². The van der Waals surface area contributed by atoms with E-state index in [1.807, 2.05) is 0 Å². The zero-order chi connectivity index (χ0) is 27.8.